The van der Waals surface area contributed by atoms with E-state index in [1.165, 1.54) is 0 Å². The van der Waals surface area contributed by atoms with Gasteiger partial charge in [-0.2, -0.15) is 0 Å². The fourth-order valence-electron chi connectivity index (χ4n) is 1.36. The van der Waals surface area contributed by atoms with Crippen LogP contribution in [0.1, 0.15) is 53.4 Å². The monoisotopic (exact) mass is 175 g/mol. The van der Waals surface area contributed by atoms with Crippen LogP contribution in [-0.2, 0) is 0 Å². The van der Waals surface area contributed by atoms with Gasteiger partial charge in [0.1, 0.15) is 0 Å². The fraction of sp³-hybridized carbons (Fsp3) is 0.900. The van der Waals surface area contributed by atoms with Gasteiger partial charge in [0.2, 0.25) is 0 Å². The molecule has 2 nitrogen and oxygen atoms in total. The molecule has 1 fully saturated rings. The zero-order valence-electron chi connectivity index (χ0n) is 6.21. The molecule has 0 aromatic carbocycles. The third-order valence-corrected chi connectivity index (χ3v) is 1.97. The number of hydrogen-bond donors (Lipinski definition) is 2. The maximum Gasteiger partial charge on any atom is 0.0958 e. The largest absolute Gasteiger partial charge is 0.393 e. The van der Waals surface area contributed by atoms with Gasteiger partial charge in [-0.1, -0.05) is 34.1 Å². The van der Waals surface area contributed by atoms with E-state index in [4.69, 9.17) is 5.11 Å². The van der Waals surface area contributed by atoms with E-state index in [1.54, 1.807) is 0 Å². The Balaban J connectivity index is 0. The molecule has 1 rings (SSSR count). The maximum atomic E-state index is 9.20. The summed E-state index contributed by atoms with van der Waals surface area (Å²) in [6.07, 6.45) is 5.66. The first-order valence-corrected chi connectivity index (χ1v) is 4.01. The zero-order valence-corrected chi connectivity index (χ0v) is 6.21. The zero-order chi connectivity index (χ0) is 7.40. The van der Waals surface area contributed by atoms with Crippen LogP contribution >= 0.6 is 0 Å². The molecule has 2 N–H and O–H groups in total. The molecule has 1 aliphatic carbocycles. The van der Waals surface area contributed by atoms with E-state index < -0.39 is 0 Å². The summed E-state index contributed by atoms with van der Waals surface area (Å²) in [5, 5.41) is 18.3. The van der Waals surface area contributed by atoms with Crippen molar-refractivity contribution in [1.29, 1.82) is 0 Å². The molecule has 0 heterocycles. The molecule has 75 valence electrons. The van der Waals surface area contributed by atoms with E-state index in [0.29, 0.717) is 12.5 Å². The van der Waals surface area contributed by atoms with Gasteiger partial charge in [-0.25, -0.2) is 0 Å². The van der Waals surface area contributed by atoms with Crippen molar-refractivity contribution in [2.45, 2.75) is 59.5 Å². The van der Waals surface area contributed by atoms with Gasteiger partial charge < -0.3 is 10.2 Å². The van der Waals surface area contributed by atoms with Crippen molar-refractivity contribution in [2.75, 3.05) is 0 Å². The van der Waals surface area contributed by atoms with Crippen molar-refractivity contribution in [3.8, 4) is 0 Å². The molecule has 0 aromatic rings. The molecular formula is C10H23O2. The van der Waals surface area contributed by atoms with Crippen molar-refractivity contribution in [3.63, 3.8) is 0 Å². The van der Waals surface area contributed by atoms with E-state index >= 15 is 0 Å². The third-order valence-electron chi connectivity index (χ3n) is 1.97. The highest BCUT2D eigenvalue weighted by molar-refractivity contribution is 4.80. The molecule has 0 aromatic heterocycles. The lowest BCUT2D eigenvalue weighted by Gasteiger charge is -2.17. The molecule has 0 amide bonds. The molecule has 1 saturated carbocycles. The highest BCUT2D eigenvalue weighted by Crippen LogP contribution is 2.21. The van der Waals surface area contributed by atoms with Gasteiger partial charge in [0, 0.05) is 6.42 Å². The summed E-state index contributed by atoms with van der Waals surface area (Å²) in [7, 11) is 0. The first kappa shape index (κ1) is 14.4. The third kappa shape index (κ3) is 5.56. The lowest BCUT2D eigenvalue weighted by Crippen LogP contribution is -2.14. The second-order valence-electron chi connectivity index (χ2n) is 3.02. The summed E-state index contributed by atoms with van der Waals surface area (Å²) < 4.78 is 0. The van der Waals surface area contributed by atoms with E-state index in [0.717, 1.165) is 32.1 Å². The lowest BCUT2D eigenvalue weighted by molar-refractivity contribution is 0.112. The van der Waals surface area contributed by atoms with E-state index in [2.05, 4.69) is 0 Å². The summed E-state index contributed by atoms with van der Waals surface area (Å²) in [5.41, 5.74) is 0. The summed E-state index contributed by atoms with van der Waals surface area (Å²) >= 11 is 0. The summed E-state index contributed by atoms with van der Waals surface area (Å²) in [6.45, 7) is 0. The number of rotatable bonds is 0. The van der Waals surface area contributed by atoms with Crippen LogP contribution < -0.4 is 0 Å². The topological polar surface area (TPSA) is 40.5 Å². The Morgan fingerprint density at radius 2 is 1.75 bits per heavy atom. The molecule has 0 saturated heterocycles. The van der Waals surface area contributed by atoms with Crippen molar-refractivity contribution < 1.29 is 10.2 Å². The van der Waals surface area contributed by atoms with Crippen LogP contribution in [0.5, 0.6) is 0 Å². The normalized spacial score (nSPS) is 26.0. The second kappa shape index (κ2) is 7.56. The smallest absolute Gasteiger partial charge is 0.0958 e. The minimum Gasteiger partial charge on any atom is -0.393 e. The molecule has 0 spiro atoms. The van der Waals surface area contributed by atoms with E-state index in [-0.39, 0.29) is 21.0 Å². The Morgan fingerprint density at radius 1 is 1.08 bits per heavy atom. The van der Waals surface area contributed by atoms with Gasteiger partial charge >= 0.3 is 0 Å². The predicted octanol–water partition coefficient (Wildman–Crippen LogP) is 2.88. The Labute approximate surface area is 76.6 Å². The molecule has 1 aliphatic rings. The van der Waals surface area contributed by atoms with Gasteiger partial charge in [0.25, 0.3) is 0 Å². The maximum absolute atomic E-state index is 9.20. The highest BCUT2D eigenvalue weighted by Gasteiger charge is 2.14. The van der Waals surface area contributed by atoms with Crippen molar-refractivity contribution in [3.05, 3.63) is 6.10 Å². The quantitative estimate of drug-likeness (QED) is 0.594. The van der Waals surface area contributed by atoms with Crippen LogP contribution in [0, 0.1) is 6.10 Å². The Hall–Kier alpha value is -0.0800. The number of hydrogen-bond acceptors (Lipinski definition) is 2. The van der Waals surface area contributed by atoms with Crippen LogP contribution in [0.4, 0.5) is 0 Å². The van der Waals surface area contributed by atoms with Crippen LogP contribution in [0.2, 0.25) is 0 Å². The minimum absolute atomic E-state index is 0. The Bertz CT molecular complexity index is 83.8. The van der Waals surface area contributed by atoms with Gasteiger partial charge in [0.15, 0.2) is 0 Å². The number of aliphatic hydroxyl groups is 2. The molecule has 2 heteroatoms. The van der Waals surface area contributed by atoms with Crippen molar-refractivity contribution >= 4 is 0 Å². The van der Waals surface area contributed by atoms with E-state index in [1.807, 2.05) is 0 Å². The molecule has 1 unspecified atom stereocenters. The average Bonchev–Trinajstić information content (AvgIpc) is 1.83. The van der Waals surface area contributed by atoms with Crippen molar-refractivity contribution in [2.24, 2.45) is 0 Å². The first-order chi connectivity index (χ1) is 4.79. The molecule has 0 bridgehead atoms. The van der Waals surface area contributed by atoms with Crippen LogP contribution in [0.3, 0.4) is 0 Å². The van der Waals surface area contributed by atoms with Crippen LogP contribution in [0.15, 0.2) is 0 Å². The SMILES string of the molecule is C.C.O[C]1CCCCCC(O)C1. The van der Waals surface area contributed by atoms with Gasteiger partial charge in [-0.05, 0) is 12.8 Å². The van der Waals surface area contributed by atoms with Crippen molar-refractivity contribution in [1.82, 2.24) is 0 Å². The standard InChI is InChI=1S/C8H15O2.2CH4/c9-7-4-2-1-3-5-8(10)6-7;;/h7,9-10H,1-6H2;2*1H4. The van der Waals surface area contributed by atoms with E-state index in [9.17, 15) is 5.11 Å². The summed E-state index contributed by atoms with van der Waals surface area (Å²) in [6, 6.07) is 0. The van der Waals surface area contributed by atoms with Gasteiger partial charge in [-0.3, -0.25) is 0 Å². The predicted molar refractivity (Wildman–Crippen MR) is 52.3 cm³/mol. The fourth-order valence-corrected chi connectivity index (χ4v) is 1.36. The van der Waals surface area contributed by atoms with Gasteiger partial charge in [-0.15, -0.1) is 0 Å². The molecule has 1 atom stereocenters. The Kier molecular flexibility index (Phi) is 9.10. The summed E-state index contributed by atoms with van der Waals surface area (Å²) in [5.74, 6) is 0. The molecule has 12 heavy (non-hydrogen) atoms. The van der Waals surface area contributed by atoms with Gasteiger partial charge in [0.05, 0.1) is 12.2 Å². The molecular weight excluding hydrogens is 152 g/mol. The first-order valence-electron chi connectivity index (χ1n) is 4.01. The molecule has 1 radical (unpaired) electrons. The summed E-state index contributed by atoms with van der Waals surface area (Å²) in [4.78, 5) is 0. The second-order valence-corrected chi connectivity index (χ2v) is 3.02. The minimum atomic E-state index is -0.291. The Morgan fingerprint density at radius 3 is 2.42 bits per heavy atom. The average molecular weight is 175 g/mol. The lowest BCUT2D eigenvalue weighted by atomic mass is 9.97. The molecule has 0 aliphatic heterocycles. The number of aliphatic hydroxyl groups excluding tert-OH is 2. The highest BCUT2D eigenvalue weighted by atomic mass is 16.3. The van der Waals surface area contributed by atoms with Crippen LogP contribution in [0.25, 0.3) is 0 Å². The van der Waals surface area contributed by atoms with Crippen LogP contribution in [-0.4, -0.2) is 16.3 Å².